The number of carbonyl (C=O) groups is 2. The summed E-state index contributed by atoms with van der Waals surface area (Å²) < 4.78 is 0. The van der Waals surface area contributed by atoms with Gasteiger partial charge in [0.2, 0.25) is 0 Å². The number of hydrogen-bond acceptors (Lipinski definition) is 3. The molecule has 0 spiro atoms. The molecular formula is C15H18N4O2. The third-order valence-electron chi connectivity index (χ3n) is 4.59. The van der Waals surface area contributed by atoms with Crippen LogP contribution in [0.2, 0.25) is 0 Å². The van der Waals surface area contributed by atoms with Gasteiger partial charge in [0.05, 0.1) is 6.04 Å². The van der Waals surface area contributed by atoms with Crippen LogP contribution in [-0.2, 0) is 6.42 Å². The molecule has 3 amide bonds. The van der Waals surface area contributed by atoms with Gasteiger partial charge in [-0.15, -0.1) is 0 Å². The van der Waals surface area contributed by atoms with Gasteiger partial charge in [0, 0.05) is 44.0 Å². The van der Waals surface area contributed by atoms with Gasteiger partial charge in [0.25, 0.3) is 5.91 Å². The van der Waals surface area contributed by atoms with Gasteiger partial charge in [-0.25, -0.2) is 4.79 Å². The molecule has 1 atom stereocenters. The first-order chi connectivity index (χ1) is 10.2. The lowest BCUT2D eigenvalue weighted by atomic mass is 10.1. The smallest absolute Gasteiger partial charge is 0.317 e. The Morgan fingerprint density at radius 1 is 1.24 bits per heavy atom. The summed E-state index contributed by atoms with van der Waals surface area (Å²) in [5.74, 6) is 0.0606. The zero-order valence-electron chi connectivity index (χ0n) is 11.8. The van der Waals surface area contributed by atoms with E-state index in [4.69, 9.17) is 0 Å². The highest BCUT2D eigenvalue weighted by molar-refractivity contribution is 5.95. The van der Waals surface area contributed by atoms with E-state index in [0.29, 0.717) is 26.2 Å². The summed E-state index contributed by atoms with van der Waals surface area (Å²) in [5.41, 5.74) is 3.09. The van der Waals surface area contributed by atoms with Crippen molar-refractivity contribution < 1.29 is 9.59 Å². The van der Waals surface area contributed by atoms with E-state index in [1.54, 1.807) is 0 Å². The van der Waals surface area contributed by atoms with Gasteiger partial charge in [0.1, 0.15) is 0 Å². The number of urea groups is 1. The zero-order chi connectivity index (χ0) is 14.4. The van der Waals surface area contributed by atoms with Gasteiger partial charge in [0.15, 0.2) is 0 Å². The summed E-state index contributed by atoms with van der Waals surface area (Å²) in [5, 5.41) is 6.14. The Morgan fingerprint density at radius 2 is 2.14 bits per heavy atom. The highest BCUT2D eigenvalue weighted by Crippen LogP contribution is 2.24. The van der Waals surface area contributed by atoms with E-state index in [9.17, 15) is 9.59 Å². The summed E-state index contributed by atoms with van der Waals surface area (Å²) in [4.78, 5) is 27.9. The Bertz CT molecular complexity index is 616. The SMILES string of the molecule is O=C(c1ccc2c(c1)NCC2)N1CCN2C(=O)NCC2C1. The highest BCUT2D eigenvalue weighted by Gasteiger charge is 2.37. The standard InChI is InChI=1S/C15H18N4O2/c20-14(11-2-1-10-3-4-16-13(10)7-11)18-5-6-19-12(9-18)8-17-15(19)21/h1-2,7,12,16H,3-6,8-9H2,(H,17,21). The van der Waals surface area contributed by atoms with Crippen LogP contribution in [0.25, 0.3) is 0 Å². The molecule has 1 aromatic rings. The molecule has 3 aliphatic rings. The van der Waals surface area contributed by atoms with Crippen molar-refractivity contribution in [2.24, 2.45) is 0 Å². The lowest BCUT2D eigenvalue weighted by molar-refractivity contribution is 0.0617. The maximum atomic E-state index is 12.6. The van der Waals surface area contributed by atoms with Gasteiger partial charge >= 0.3 is 6.03 Å². The maximum Gasteiger partial charge on any atom is 0.317 e. The zero-order valence-corrected chi connectivity index (χ0v) is 11.8. The van der Waals surface area contributed by atoms with Crippen LogP contribution in [0.3, 0.4) is 0 Å². The van der Waals surface area contributed by atoms with E-state index in [-0.39, 0.29) is 18.0 Å². The predicted molar refractivity (Wildman–Crippen MR) is 78.4 cm³/mol. The molecule has 6 heteroatoms. The molecule has 1 aromatic carbocycles. The lowest BCUT2D eigenvalue weighted by Crippen LogP contribution is -2.53. The third kappa shape index (κ3) is 2.02. The largest absolute Gasteiger partial charge is 0.384 e. The number of benzene rings is 1. The number of nitrogens with one attached hydrogen (secondary N) is 2. The predicted octanol–water partition coefficient (Wildman–Crippen LogP) is 0.504. The van der Waals surface area contributed by atoms with Crippen molar-refractivity contribution in [1.29, 1.82) is 0 Å². The van der Waals surface area contributed by atoms with Crippen molar-refractivity contribution in [2.75, 3.05) is 38.0 Å². The number of nitrogens with zero attached hydrogens (tertiary/aromatic N) is 2. The van der Waals surface area contributed by atoms with Crippen LogP contribution in [0.4, 0.5) is 10.5 Å². The summed E-state index contributed by atoms with van der Waals surface area (Å²) >= 11 is 0. The molecule has 110 valence electrons. The van der Waals surface area contributed by atoms with Gasteiger partial charge in [-0.3, -0.25) is 4.79 Å². The number of piperazine rings is 1. The number of hydrogen-bond donors (Lipinski definition) is 2. The van der Waals surface area contributed by atoms with Crippen molar-refractivity contribution in [3.8, 4) is 0 Å². The van der Waals surface area contributed by atoms with Gasteiger partial charge < -0.3 is 20.4 Å². The second-order valence-corrected chi connectivity index (χ2v) is 5.83. The first kappa shape index (κ1) is 12.5. The van der Waals surface area contributed by atoms with E-state index >= 15 is 0 Å². The first-order valence-electron chi connectivity index (χ1n) is 7.43. The monoisotopic (exact) mass is 286 g/mol. The van der Waals surface area contributed by atoms with Crippen LogP contribution in [0.5, 0.6) is 0 Å². The molecule has 2 saturated heterocycles. The second kappa shape index (κ2) is 4.65. The summed E-state index contributed by atoms with van der Waals surface area (Å²) in [6, 6.07) is 6.02. The molecule has 4 rings (SSSR count). The van der Waals surface area contributed by atoms with E-state index < -0.39 is 0 Å². The van der Waals surface area contributed by atoms with Crippen LogP contribution < -0.4 is 10.6 Å². The molecule has 21 heavy (non-hydrogen) atoms. The fraction of sp³-hybridized carbons (Fsp3) is 0.467. The third-order valence-corrected chi connectivity index (χ3v) is 4.59. The Kier molecular flexibility index (Phi) is 2.77. The van der Waals surface area contributed by atoms with Gasteiger partial charge in [-0.05, 0) is 24.1 Å². The Labute approximate surface area is 123 Å². The Hall–Kier alpha value is -2.24. The number of anilines is 1. The topological polar surface area (TPSA) is 64.7 Å². The number of fused-ring (bicyclic) bond motifs is 2. The molecule has 0 aliphatic carbocycles. The minimum absolute atomic E-state index is 0.00571. The molecule has 6 nitrogen and oxygen atoms in total. The summed E-state index contributed by atoms with van der Waals surface area (Å²) in [7, 11) is 0. The average Bonchev–Trinajstić information content (AvgIpc) is 3.12. The fourth-order valence-electron chi connectivity index (χ4n) is 3.39. The van der Waals surface area contributed by atoms with Crippen molar-refractivity contribution in [3.05, 3.63) is 29.3 Å². The van der Waals surface area contributed by atoms with Crippen molar-refractivity contribution in [2.45, 2.75) is 12.5 Å². The minimum atomic E-state index is -0.00571. The molecule has 0 bridgehead atoms. The molecule has 2 fully saturated rings. The Morgan fingerprint density at radius 3 is 3.05 bits per heavy atom. The minimum Gasteiger partial charge on any atom is -0.384 e. The average molecular weight is 286 g/mol. The molecule has 0 aromatic heterocycles. The lowest BCUT2D eigenvalue weighted by Gasteiger charge is -2.36. The fourth-order valence-corrected chi connectivity index (χ4v) is 3.39. The maximum absolute atomic E-state index is 12.6. The molecule has 0 saturated carbocycles. The van der Waals surface area contributed by atoms with E-state index in [2.05, 4.69) is 10.6 Å². The Balaban J connectivity index is 1.52. The van der Waals surface area contributed by atoms with E-state index in [1.165, 1.54) is 5.56 Å². The van der Waals surface area contributed by atoms with Crippen LogP contribution in [0.1, 0.15) is 15.9 Å². The van der Waals surface area contributed by atoms with E-state index in [0.717, 1.165) is 24.2 Å². The number of carbonyl (C=O) groups excluding carboxylic acids is 2. The molecule has 3 aliphatic heterocycles. The number of amides is 3. The van der Waals surface area contributed by atoms with Gasteiger partial charge in [-0.2, -0.15) is 0 Å². The molecular weight excluding hydrogens is 268 g/mol. The van der Waals surface area contributed by atoms with Crippen molar-refractivity contribution in [1.82, 2.24) is 15.1 Å². The van der Waals surface area contributed by atoms with Crippen LogP contribution in [0, 0.1) is 0 Å². The second-order valence-electron chi connectivity index (χ2n) is 5.83. The molecule has 2 N–H and O–H groups in total. The number of rotatable bonds is 1. The highest BCUT2D eigenvalue weighted by atomic mass is 16.2. The summed E-state index contributed by atoms with van der Waals surface area (Å²) in [6.07, 6.45) is 1.03. The first-order valence-corrected chi connectivity index (χ1v) is 7.43. The van der Waals surface area contributed by atoms with E-state index in [1.807, 2.05) is 28.0 Å². The van der Waals surface area contributed by atoms with Gasteiger partial charge in [-0.1, -0.05) is 6.07 Å². The molecule has 1 unspecified atom stereocenters. The van der Waals surface area contributed by atoms with Crippen LogP contribution in [0.15, 0.2) is 18.2 Å². The van der Waals surface area contributed by atoms with Crippen LogP contribution >= 0.6 is 0 Å². The quantitative estimate of drug-likeness (QED) is 0.790. The van der Waals surface area contributed by atoms with Crippen LogP contribution in [-0.4, -0.2) is 60.5 Å². The molecule has 3 heterocycles. The van der Waals surface area contributed by atoms with Crippen molar-refractivity contribution in [3.63, 3.8) is 0 Å². The summed E-state index contributed by atoms with van der Waals surface area (Å²) in [6.45, 7) is 3.41. The van der Waals surface area contributed by atoms with Crippen molar-refractivity contribution >= 4 is 17.6 Å². The normalized spacial score (nSPS) is 23.4. The molecule has 0 radical (unpaired) electrons.